The smallest absolute Gasteiger partial charge is 0.0922 e. The van der Waals surface area contributed by atoms with Crippen molar-refractivity contribution >= 4 is 11.3 Å². The van der Waals surface area contributed by atoms with Gasteiger partial charge in [-0.15, -0.1) is 11.3 Å². The number of benzene rings is 1. The number of aliphatic hydroxyl groups excluding tert-OH is 1. The van der Waals surface area contributed by atoms with Gasteiger partial charge in [-0.3, -0.25) is 0 Å². The average Bonchev–Trinajstić information content (AvgIpc) is 2.73. The van der Waals surface area contributed by atoms with Gasteiger partial charge in [0.25, 0.3) is 0 Å². The van der Waals surface area contributed by atoms with E-state index in [9.17, 15) is 5.11 Å². The topological polar surface area (TPSA) is 20.2 Å². The third-order valence-electron chi connectivity index (χ3n) is 4.14. The minimum absolute atomic E-state index is 0.352. The molecule has 1 aliphatic rings. The van der Waals surface area contributed by atoms with Gasteiger partial charge in [-0.2, -0.15) is 0 Å². The Morgan fingerprint density at radius 1 is 1.10 bits per heavy atom. The van der Waals surface area contributed by atoms with Crippen molar-refractivity contribution in [3.8, 4) is 0 Å². The molecule has 1 aromatic heterocycles. The van der Waals surface area contributed by atoms with E-state index >= 15 is 0 Å². The second-order valence-corrected chi connectivity index (χ2v) is 7.03. The van der Waals surface area contributed by atoms with Crippen LogP contribution in [0, 0.1) is 6.92 Å². The Bertz CT molecular complexity index is 544. The number of hydrogen-bond donors (Lipinski definition) is 1. The first-order chi connectivity index (χ1) is 9.72. The molecule has 2 heteroatoms. The van der Waals surface area contributed by atoms with Crippen LogP contribution in [0.4, 0.5) is 0 Å². The third-order valence-corrected chi connectivity index (χ3v) is 5.48. The van der Waals surface area contributed by atoms with E-state index in [1.54, 1.807) is 0 Å². The highest BCUT2D eigenvalue weighted by Gasteiger charge is 2.17. The Balaban J connectivity index is 1.73. The number of fused-ring (bicyclic) bond motifs is 1. The minimum atomic E-state index is -0.352. The van der Waals surface area contributed by atoms with Crippen molar-refractivity contribution in [2.75, 3.05) is 0 Å². The summed E-state index contributed by atoms with van der Waals surface area (Å²) in [4.78, 5) is 2.66. The molecule has 0 fully saturated rings. The SMILES string of the molecule is Cc1ccc(CC(O)c2cc3c(s2)CCCCC3)cc1. The van der Waals surface area contributed by atoms with Gasteiger partial charge in [0, 0.05) is 16.2 Å². The summed E-state index contributed by atoms with van der Waals surface area (Å²) in [7, 11) is 0. The van der Waals surface area contributed by atoms with Crippen LogP contribution in [0.3, 0.4) is 0 Å². The molecule has 1 unspecified atom stereocenters. The fourth-order valence-corrected chi connectivity index (χ4v) is 4.15. The molecule has 1 N–H and O–H groups in total. The van der Waals surface area contributed by atoms with Crippen LogP contribution in [-0.4, -0.2) is 5.11 Å². The fraction of sp³-hybridized carbons (Fsp3) is 0.444. The average molecular weight is 286 g/mol. The first kappa shape index (κ1) is 13.8. The van der Waals surface area contributed by atoms with Gasteiger partial charge >= 0.3 is 0 Å². The lowest BCUT2D eigenvalue weighted by Gasteiger charge is -2.09. The summed E-state index contributed by atoms with van der Waals surface area (Å²) >= 11 is 1.83. The Morgan fingerprint density at radius 2 is 1.85 bits per heavy atom. The zero-order valence-electron chi connectivity index (χ0n) is 12.1. The van der Waals surface area contributed by atoms with Crippen LogP contribution in [0.1, 0.15) is 51.8 Å². The molecule has 1 heterocycles. The van der Waals surface area contributed by atoms with E-state index in [0.717, 1.165) is 11.3 Å². The molecular formula is C18H22OS. The summed E-state index contributed by atoms with van der Waals surface area (Å²) in [5.41, 5.74) is 3.98. The molecule has 0 spiro atoms. The number of rotatable bonds is 3. The second kappa shape index (κ2) is 6.11. The van der Waals surface area contributed by atoms with Crippen LogP contribution >= 0.6 is 11.3 Å². The lowest BCUT2D eigenvalue weighted by Crippen LogP contribution is -1.99. The van der Waals surface area contributed by atoms with Gasteiger partial charge in [0.1, 0.15) is 0 Å². The van der Waals surface area contributed by atoms with Gasteiger partial charge in [-0.1, -0.05) is 36.2 Å². The molecule has 1 aliphatic carbocycles. The normalized spacial score (nSPS) is 16.5. The summed E-state index contributed by atoms with van der Waals surface area (Å²) in [6, 6.07) is 10.7. The predicted molar refractivity (Wildman–Crippen MR) is 85.4 cm³/mol. The minimum Gasteiger partial charge on any atom is -0.387 e. The summed E-state index contributed by atoms with van der Waals surface area (Å²) in [5, 5.41) is 10.5. The summed E-state index contributed by atoms with van der Waals surface area (Å²) in [6.45, 7) is 2.09. The van der Waals surface area contributed by atoms with E-state index in [4.69, 9.17) is 0 Å². The van der Waals surface area contributed by atoms with E-state index in [-0.39, 0.29) is 6.10 Å². The van der Waals surface area contributed by atoms with Crippen molar-refractivity contribution < 1.29 is 5.11 Å². The molecule has 0 aliphatic heterocycles. The van der Waals surface area contributed by atoms with Crippen molar-refractivity contribution in [2.24, 2.45) is 0 Å². The molecule has 20 heavy (non-hydrogen) atoms. The Kier molecular flexibility index (Phi) is 4.23. The van der Waals surface area contributed by atoms with Gasteiger partial charge < -0.3 is 5.11 Å². The van der Waals surface area contributed by atoms with Crippen molar-refractivity contribution in [1.82, 2.24) is 0 Å². The lowest BCUT2D eigenvalue weighted by molar-refractivity contribution is 0.182. The van der Waals surface area contributed by atoms with Gasteiger partial charge in [0.2, 0.25) is 0 Å². The van der Waals surface area contributed by atoms with E-state index in [1.807, 2.05) is 11.3 Å². The van der Waals surface area contributed by atoms with Gasteiger partial charge in [-0.25, -0.2) is 0 Å². The third kappa shape index (κ3) is 3.13. The standard InChI is InChI=1S/C18H22OS/c1-13-7-9-14(10-8-13)11-16(19)18-12-15-5-3-2-4-6-17(15)20-18/h7-10,12,16,19H,2-6,11H2,1H3. The maximum absolute atomic E-state index is 10.5. The van der Waals surface area contributed by atoms with E-state index in [0.29, 0.717) is 0 Å². The summed E-state index contributed by atoms with van der Waals surface area (Å²) in [6.07, 6.45) is 6.73. The lowest BCUT2D eigenvalue weighted by atomic mass is 10.0. The Hall–Kier alpha value is -1.12. The second-order valence-electron chi connectivity index (χ2n) is 5.86. The molecule has 1 nitrogen and oxygen atoms in total. The van der Waals surface area contributed by atoms with E-state index < -0.39 is 0 Å². The molecule has 2 aromatic rings. The first-order valence-electron chi connectivity index (χ1n) is 7.57. The van der Waals surface area contributed by atoms with Crippen LogP contribution in [0.5, 0.6) is 0 Å². The Morgan fingerprint density at radius 3 is 2.65 bits per heavy atom. The van der Waals surface area contributed by atoms with Crippen LogP contribution < -0.4 is 0 Å². The molecule has 0 radical (unpaired) electrons. The van der Waals surface area contributed by atoms with Gasteiger partial charge in [0.15, 0.2) is 0 Å². The van der Waals surface area contributed by atoms with Crippen LogP contribution in [0.15, 0.2) is 30.3 Å². The summed E-state index contributed by atoms with van der Waals surface area (Å²) in [5.74, 6) is 0. The molecule has 1 aromatic carbocycles. The Labute approximate surface area is 125 Å². The highest BCUT2D eigenvalue weighted by Crippen LogP contribution is 2.33. The zero-order valence-corrected chi connectivity index (χ0v) is 12.9. The monoisotopic (exact) mass is 286 g/mol. The molecule has 0 bridgehead atoms. The van der Waals surface area contributed by atoms with Crippen LogP contribution in [-0.2, 0) is 19.3 Å². The largest absolute Gasteiger partial charge is 0.387 e. The van der Waals surface area contributed by atoms with Crippen molar-refractivity contribution in [3.63, 3.8) is 0 Å². The molecule has 0 amide bonds. The van der Waals surface area contributed by atoms with Gasteiger partial charge in [-0.05, 0) is 49.8 Å². The molecule has 1 atom stereocenters. The molecule has 106 valence electrons. The molecule has 3 rings (SSSR count). The van der Waals surface area contributed by atoms with Crippen molar-refractivity contribution in [3.05, 3.63) is 56.8 Å². The molecule has 0 saturated heterocycles. The van der Waals surface area contributed by atoms with Crippen LogP contribution in [0.25, 0.3) is 0 Å². The van der Waals surface area contributed by atoms with Crippen LogP contribution in [0.2, 0.25) is 0 Å². The highest BCUT2D eigenvalue weighted by molar-refractivity contribution is 7.12. The molecule has 0 saturated carbocycles. The maximum Gasteiger partial charge on any atom is 0.0922 e. The van der Waals surface area contributed by atoms with E-state index in [2.05, 4.69) is 37.3 Å². The predicted octanol–water partition coefficient (Wildman–Crippen LogP) is 4.60. The zero-order chi connectivity index (χ0) is 13.9. The number of hydrogen-bond acceptors (Lipinski definition) is 2. The number of aryl methyl sites for hydroxylation is 3. The summed E-state index contributed by atoms with van der Waals surface area (Å²) < 4.78 is 0. The number of thiophene rings is 1. The first-order valence-corrected chi connectivity index (χ1v) is 8.39. The number of aliphatic hydroxyl groups is 1. The van der Waals surface area contributed by atoms with E-state index in [1.165, 1.54) is 53.7 Å². The van der Waals surface area contributed by atoms with Gasteiger partial charge in [0.05, 0.1) is 6.10 Å². The van der Waals surface area contributed by atoms with Crippen molar-refractivity contribution in [1.29, 1.82) is 0 Å². The maximum atomic E-state index is 10.5. The van der Waals surface area contributed by atoms with Crippen molar-refractivity contribution in [2.45, 2.75) is 51.6 Å². The highest BCUT2D eigenvalue weighted by atomic mass is 32.1. The molecular weight excluding hydrogens is 264 g/mol. The quantitative estimate of drug-likeness (QED) is 0.817. The fourth-order valence-electron chi connectivity index (χ4n) is 2.90.